The van der Waals surface area contributed by atoms with Crippen LogP contribution in [0.1, 0.15) is 52.3 Å². The van der Waals surface area contributed by atoms with E-state index in [-0.39, 0.29) is 17.6 Å². The Bertz CT molecular complexity index is 1560. The Balaban J connectivity index is 0.000000303. The van der Waals surface area contributed by atoms with Crippen LogP contribution in [0.2, 0.25) is 0 Å². The molecule has 2 aromatic carbocycles. The Morgan fingerprint density at radius 2 is 1.84 bits per heavy atom. The molecule has 0 saturated heterocycles. The van der Waals surface area contributed by atoms with Crippen molar-refractivity contribution >= 4 is 41.2 Å². The number of carbonyl (C=O) groups excluding carboxylic acids is 2. The van der Waals surface area contributed by atoms with Crippen molar-refractivity contribution in [3.63, 3.8) is 0 Å². The zero-order chi connectivity index (χ0) is 31.7. The normalized spacial score (nSPS) is 13.1. The van der Waals surface area contributed by atoms with Crippen LogP contribution >= 0.6 is 0 Å². The maximum absolute atomic E-state index is 13.7. The van der Waals surface area contributed by atoms with Crippen LogP contribution in [0.15, 0.2) is 42.5 Å². The minimum absolute atomic E-state index is 0.0278. The van der Waals surface area contributed by atoms with Crippen LogP contribution in [0.3, 0.4) is 0 Å². The highest BCUT2D eigenvalue weighted by molar-refractivity contribution is 6.34. The first-order valence-electron chi connectivity index (χ1n) is 13.8. The second kappa shape index (κ2) is 14.8. The third-order valence-corrected chi connectivity index (χ3v) is 6.99. The van der Waals surface area contributed by atoms with Gasteiger partial charge in [0.25, 0.3) is 11.8 Å². The molecule has 43 heavy (non-hydrogen) atoms. The second-order valence-corrected chi connectivity index (χ2v) is 9.75. The average molecular weight is 593 g/mol. The molecule has 0 spiro atoms. The molecule has 0 aliphatic carbocycles. The molecule has 5 N–H and O–H groups in total. The van der Waals surface area contributed by atoms with Gasteiger partial charge >= 0.3 is 5.97 Å². The van der Waals surface area contributed by atoms with Crippen molar-refractivity contribution in [2.45, 2.75) is 27.7 Å². The molecule has 1 aliphatic heterocycles. The maximum atomic E-state index is 13.7. The summed E-state index contributed by atoms with van der Waals surface area (Å²) in [5, 5.41) is 23.3. The molecule has 4 rings (SSSR count). The second-order valence-electron chi connectivity index (χ2n) is 9.75. The molecule has 1 aliphatic rings. The lowest BCUT2D eigenvalue weighted by Gasteiger charge is -2.18. The lowest BCUT2D eigenvalue weighted by molar-refractivity contribution is -0.131. The van der Waals surface area contributed by atoms with E-state index in [0.29, 0.717) is 45.9 Å². The largest absolute Gasteiger partial charge is 0.504 e. The lowest BCUT2D eigenvalue weighted by Crippen LogP contribution is -2.35. The number of hydrogen-bond acceptors (Lipinski definition) is 6. The molecule has 2 amide bonds. The van der Waals surface area contributed by atoms with Gasteiger partial charge in [-0.3, -0.25) is 9.59 Å². The van der Waals surface area contributed by atoms with Crippen LogP contribution < -0.4 is 15.4 Å². The average Bonchev–Trinajstić information content (AvgIpc) is 3.44. The third kappa shape index (κ3) is 8.32. The van der Waals surface area contributed by atoms with Crippen LogP contribution in [0, 0.1) is 19.7 Å². The number of methoxy groups -OCH3 is 1. The highest BCUT2D eigenvalue weighted by Gasteiger charge is 2.26. The topological polar surface area (TPSA) is 144 Å². The number of aromatic hydroxyl groups is 1. The Labute approximate surface area is 249 Å². The lowest BCUT2D eigenvalue weighted by atomic mass is 10.0. The Kier molecular flexibility index (Phi) is 11.2. The number of fused-ring (bicyclic) bond motifs is 1. The fourth-order valence-electron chi connectivity index (χ4n) is 4.63. The number of aromatic nitrogens is 1. The Morgan fingerprint density at radius 3 is 2.49 bits per heavy atom. The van der Waals surface area contributed by atoms with Gasteiger partial charge in [0.15, 0.2) is 11.5 Å². The van der Waals surface area contributed by atoms with E-state index in [4.69, 9.17) is 9.84 Å². The number of halogens is 1. The molecule has 2 heterocycles. The number of nitrogens with one attached hydrogen (secondary N) is 3. The number of H-pyrrole nitrogens is 1. The number of ether oxygens (including phenoxy) is 1. The summed E-state index contributed by atoms with van der Waals surface area (Å²) in [7, 11) is 1.43. The molecule has 3 aromatic rings. The predicted octanol–water partition coefficient (Wildman–Crippen LogP) is 4.83. The number of likely N-dealkylation sites (N-methyl/N-ethyl adjacent to an activating group) is 1. The zero-order valence-electron chi connectivity index (χ0n) is 24.9. The molecule has 10 nitrogen and oxygen atoms in total. The van der Waals surface area contributed by atoms with Crippen LogP contribution in [-0.4, -0.2) is 71.2 Å². The summed E-state index contributed by atoms with van der Waals surface area (Å²) in [5.74, 6) is -1.51. The summed E-state index contributed by atoms with van der Waals surface area (Å²) in [6.07, 6.45) is 4.12. The number of amides is 2. The van der Waals surface area contributed by atoms with E-state index < -0.39 is 11.8 Å². The number of benzene rings is 2. The van der Waals surface area contributed by atoms with Crippen molar-refractivity contribution in [2.24, 2.45) is 0 Å². The molecule has 0 fully saturated rings. The van der Waals surface area contributed by atoms with Gasteiger partial charge < -0.3 is 35.5 Å². The first-order valence-corrected chi connectivity index (χ1v) is 13.8. The van der Waals surface area contributed by atoms with Gasteiger partial charge in [0.1, 0.15) is 5.82 Å². The number of phenols is 1. The molecular formula is C32H37FN4O6. The number of aliphatic carboxylic acids is 1. The first-order chi connectivity index (χ1) is 20.5. The monoisotopic (exact) mass is 592 g/mol. The third-order valence-electron chi connectivity index (χ3n) is 6.99. The highest BCUT2D eigenvalue weighted by Crippen LogP contribution is 2.34. The van der Waals surface area contributed by atoms with Crippen LogP contribution in [0.4, 0.5) is 10.1 Å². The van der Waals surface area contributed by atoms with Crippen molar-refractivity contribution in [1.82, 2.24) is 15.2 Å². The number of aryl methyl sites for hydroxylation is 1. The smallest absolute Gasteiger partial charge is 0.328 e. The number of nitrogens with zero attached hydrogens (tertiary/aromatic N) is 1. The van der Waals surface area contributed by atoms with Gasteiger partial charge in [-0.2, -0.15) is 0 Å². The number of anilines is 1. The summed E-state index contributed by atoms with van der Waals surface area (Å²) >= 11 is 0. The van der Waals surface area contributed by atoms with Gasteiger partial charge in [-0.15, -0.1) is 0 Å². The van der Waals surface area contributed by atoms with Gasteiger partial charge in [0.2, 0.25) is 0 Å². The number of phenolic OH excluding ortho intramolecular Hbond substituents is 1. The van der Waals surface area contributed by atoms with E-state index in [1.54, 1.807) is 24.3 Å². The van der Waals surface area contributed by atoms with Gasteiger partial charge in [0.05, 0.1) is 18.2 Å². The maximum Gasteiger partial charge on any atom is 0.328 e. The van der Waals surface area contributed by atoms with Gasteiger partial charge in [-0.25, -0.2) is 9.18 Å². The summed E-state index contributed by atoms with van der Waals surface area (Å²) in [6.45, 7) is 11.1. The van der Waals surface area contributed by atoms with E-state index in [2.05, 4.69) is 34.4 Å². The minimum Gasteiger partial charge on any atom is -0.504 e. The van der Waals surface area contributed by atoms with Gasteiger partial charge in [-0.1, -0.05) is 19.9 Å². The molecule has 0 unspecified atom stereocenters. The van der Waals surface area contributed by atoms with Crippen molar-refractivity contribution in [3.8, 4) is 11.5 Å². The number of aromatic amines is 1. The van der Waals surface area contributed by atoms with Crippen molar-refractivity contribution in [2.75, 3.05) is 38.6 Å². The van der Waals surface area contributed by atoms with Crippen LogP contribution in [-0.2, 0) is 9.59 Å². The summed E-state index contributed by atoms with van der Waals surface area (Å²) < 4.78 is 18.5. The molecule has 228 valence electrons. The standard InChI is InChI=1S/C22H27FN4O2.C10H10O4/c1-5-27(6-2)10-9-24-22(29)20-13(3)19(25-14(20)4)12-17-16-11-15(23)7-8-18(16)26-21(17)28;1-14-9-6-7(2-4-8(9)11)3-5-10(12)13/h7-8,11-12,25H,5-6,9-10H2,1-4H3,(H,24,29)(H,26,28);2-6,11H,1H3,(H,12,13). The van der Waals surface area contributed by atoms with E-state index in [0.717, 1.165) is 37.0 Å². The van der Waals surface area contributed by atoms with Crippen LogP contribution in [0.5, 0.6) is 11.5 Å². The van der Waals surface area contributed by atoms with Crippen molar-refractivity contribution in [3.05, 3.63) is 81.9 Å². The van der Waals surface area contributed by atoms with Crippen molar-refractivity contribution in [1.29, 1.82) is 0 Å². The van der Waals surface area contributed by atoms with E-state index >= 15 is 0 Å². The molecule has 11 heteroatoms. The fourth-order valence-corrected chi connectivity index (χ4v) is 4.63. The van der Waals surface area contributed by atoms with E-state index in [1.165, 1.54) is 31.4 Å². The molecule has 0 saturated carbocycles. The first kappa shape index (κ1) is 32.6. The number of carboxylic acid groups (broad SMARTS) is 1. The number of carbonyl (C=O) groups is 3. The molecule has 0 radical (unpaired) electrons. The highest BCUT2D eigenvalue weighted by atomic mass is 19.1. The zero-order valence-corrected chi connectivity index (χ0v) is 24.9. The Hall–Kier alpha value is -4.90. The predicted molar refractivity (Wildman–Crippen MR) is 165 cm³/mol. The molecular weight excluding hydrogens is 555 g/mol. The number of carboxylic acids is 1. The van der Waals surface area contributed by atoms with Gasteiger partial charge in [-0.05, 0) is 80.5 Å². The fraction of sp³-hybridized carbons (Fsp3) is 0.281. The van der Waals surface area contributed by atoms with Gasteiger partial charge in [0, 0.05) is 41.8 Å². The Morgan fingerprint density at radius 1 is 1.12 bits per heavy atom. The minimum atomic E-state index is -1.02. The summed E-state index contributed by atoms with van der Waals surface area (Å²) in [4.78, 5) is 40.7. The SMILES string of the molecule is CCN(CC)CCNC(=O)c1c(C)[nH]c(C=C2C(=O)Nc3ccc(F)cc32)c1C.COc1cc(C=CC(=O)O)ccc1O. The van der Waals surface area contributed by atoms with E-state index in [1.807, 2.05) is 13.8 Å². The summed E-state index contributed by atoms with van der Waals surface area (Å²) in [5.41, 5.74) is 4.86. The number of hydrogen-bond donors (Lipinski definition) is 5. The summed E-state index contributed by atoms with van der Waals surface area (Å²) in [6, 6.07) is 8.79. The molecule has 0 atom stereocenters. The van der Waals surface area contributed by atoms with Crippen LogP contribution in [0.25, 0.3) is 17.7 Å². The molecule has 1 aromatic heterocycles. The van der Waals surface area contributed by atoms with E-state index in [9.17, 15) is 23.9 Å². The molecule has 0 bridgehead atoms. The number of rotatable bonds is 10. The van der Waals surface area contributed by atoms with Crippen molar-refractivity contribution < 1.29 is 33.7 Å². The quantitative estimate of drug-likeness (QED) is 0.212.